The minimum Gasteiger partial charge on any atom is -0.356 e. The number of hydrogen-bond donors (Lipinski definition) is 0. The fraction of sp³-hybridized carbons (Fsp3) is 0.714. The second-order valence-electron chi connectivity index (χ2n) is 6.02. The average Bonchev–Trinajstić information content (AvgIpc) is 2.45. The number of aromatic nitrogens is 2. The highest BCUT2D eigenvalue weighted by atomic mass is 35.5. The highest BCUT2D eigenvalue weighted by Gasteiger charge is 2.25. The first kappa shape index (κ1) is 13.6. The van der Waals surface area contributed by atoms with E-state index in [1.807, 2.05) is 13.8 Å². The van der Waals surface area contributed by atoms with Crippen molar-refractivity contribution < 1.29 is 0 Å². The SMILES string of the molecule is Cc1nc(Cl)c(C)c(N2CCCC(C)(C)CC2)n1. The molecule has 0 saturated carbocycles. The lowest BCUT2D eigenvalue weighted by molar-refractivity contribution is 0.325. The van der Waals surface area contributed by atoms with Crippen LogP contribution >= 0.6 is 11.6 Å². The van der Waals surface area contributed by atoms with Crippen LogP contribution in [0.15, 0.2) is 0 Å². The maximum absolute atomic E-state index is 6.16. The Morgan fingerprint density at radius 3 is 2.56 bits per heavy atom. The van der Waals surface area contributed by atoms with Crippen molar-refractivity contribution in [3.63, 3.8) is 0 Å². The van der Waals surface area contributed by atoms with Gasteiger partial charge in [-0.15, -0.1) is 0 Å². The topological polar surface area (TPSA) is 29.0 Å². The van der Waals surface area contributed by atoms with Gasteiger partial charge in [-0.1, -0.05) is 25.4 Å². The van der Waals surface area contributed by atoms with Crippen molar-refractivity contribution in [3.8, 4) is 0 Å². The molecular formula is C14H22ClN3. The zero-order valence-electron chi connectivity index (χ0n) is 11.8. The summed E-state index contributed by atoms with van der Waals surface area (Å²) in [5.74, 6) is 1.77. The molecule has 1 saturated heterocycles. The Morgan fingerprint density at radius 1 is 1.11 bits per heavy atom. The zero-order valence-corrected chi connectivity index (χ0v) is 12.5. The monoisotopic (exact) mass is 267 g/mol. The summed E-state index contributed by atoms with van der Waals surface area (Å²) < 4.78 is 0. The fourth-order valence-electron chi connectivity index (χ4n) is 2.52. The van der Waals surface area contributed by atoms with Crippen molar-refractivity contribution in [1.82, 2.24) is 9.97 Å². The molecule has 0 amide bonds. The molecule has 1 aliphatic rings. The molecule has 18 heavy (non-hydrogen) atoms. The smallest absolute Gasteiger partial charge is 0.137 e. The third kappa shape index (κ3) is 2.94. The van der Waals surface area contributed by atoms with Crippen LogP contribution in [-0.4, -0.2) is 23.1 Å². The van der Waals surface area contributed by atoms with E-state index in [1.165, 1.54) is 19.3 Å². The normalized spacial score (nSPS) is 19.7. The van der Waals surface area contributed by atoms with E-state index < -0.39 is 0 Å². The minimum atomic E-state index is 0.439. The second kappa shape index (κ2) is 5.04. The molecule has 3 nitrogen and oxygen atoms in total. The van der Waals surface area contributed by atoms with Crippen LogP contribution in [0.5, 0.6) is 0 Å². The summed E-state index contributed by atoms with van der Waals surface area (Å²) in [6.45, 7) is 10.7. The molecule has 0 bridgehead atoms. The molecule has 0 aliphatic carbocycles. The average molecular weight is 268 g/mol. The van der Waals surface area contributed by atoms with Crippen molar-refractivity contribution in [1.29, 1.82) is 0 Å². The predicted octanol–water partition coefficient (Wildman–Crippen LogP) is 3.76. The molecule has 1 aliphatic heterocycles. The summed E-state index contributed by atoms with van der Waals surface area (Å²) in [6.07, 6.45) is 3.70. The number of anilines is 1. The lowest BCUT2D eigenvalue weighted by Gasteiger charge is -2.25. The number of aryl methyl sites for hydroxylation is 1. The molecule has 2 rings (SSSR count). The van der Waals surface area contributed by atoms with Gasteiger partial charge in [0.25, 0.3) is 0 Å². The molecule has 100 valence electrons. The maximum atomic E-state index is 6.16. The molecule has 0 spiro atoms. The summed E-state index contributed by atoms with van der Waals surface area (Å²) >= 11 is 6.16. The van der Waals surface area contributed by atoms with Gasteiger partial charge < -0.3 is 4.90 Å². The maximum Gasteiger partial charge on any atom is 0.137 e. The van der Waals surface area contributed by atoms with E-state index in [4.69, 9.17) is 11.6 Å². The summed E-state index contributed by atoms with van der Waals surface area (Å²) in [7, 11) is 0. The molecule has 0 radical (unpaired) electrons. The molecule has 0 atom stereocenters. The lowest BCUT2D eigenvalue weighted by Crippen LogP contribution is -2.27. The van der Waals surface area contributed by atoms with Crippen LogP contribution in [0.3, 0.4) is 0 Å². The molecular weight excluding hydrogens is 246 g/mol. The summed E-state index contributed by atoms with van der Waals surface area (Å²) in [4.78, 5) is 11.2. The Hall–Kier alpha value is -0.830. The zero-order chi connectivity index (χ0) is 13.3. The highest BCUT2D eigenvalue weighted by Crippen LogP contribution is 2.32. The largest absolute Gasteiger partial charge is 0.356 e. The van der Waals surface area contributed by atoms with Gasteiger partial charge in [-0.25, -0.2) is 9.97 Å². The van der Waals surface area contributed by atoms with Crippen LogP contribution in [0.4, 0.5) is 5.82 Å². The van der Waals surface area contributed by atoms with Gasteiger partial charge in [0.1, 0.15) is 16.8 Å². The molecule has 1 fully saturated rings. The van der Waals surface area contributed by atoms with E-state index in [1.54, 1.807) is 0 Å². The van der Waals surface area contributed by atoms with E-state index in [-0.39, 0.29) is 0 Å². The number of hydrogen-bond acceptors (Lipinski definition) is 3. The first-order chi connectivity index (χ1) is 8.39. The van der Waals surface area contributed by atoms with E-state index in [2.05, 4.69) is 28.7 Å². The Labute approximate surface area is 115 Å². The third-order valence-electron chi connectivity index (χ3n) is 3.81. The van der Waals surface area contributed by atoms with Crippen LogP contribution in [0.25, 0.3) is 0 Å². The minimum absolute atomic E-state index is 0.439. The quantitative estimate of drug-likeness (QED) is 0.726. The first-order valence-electron chi connectivity index (χ1n) is 6.65. The summed E-state index contributed by atoms with van der Waals surface area (Å²) in [5, 5.41) is 0.584. The van der Waals surface area contributed by atoms with Gasteiger partial charge in [-0.05, 0) is 38.5 Å². The van der Waals surface area contributed by atoms with E-state index in [9.17, 15) is 0 Å². The van der Waals surface area contributed by atoms with E-state index >= 15 is 0 Å². The third-order valence-corrected chi connectivity index (χ3v) is 4.18. The fourth-order valence-corrected chi connectivity index (χ4v) is 2.73. The van der Waals surface area contributed by atoms with Crippen LogP contribution in [0.2, 0.25) is 5.15 Å². The Bertz CT molecular complexity index is 443. The van der Waals surface area contributed by atoms with Gasteiger partial charge in [0, 0.05) is 18.7 Å². The summed E-state index contributed by atoms with van der Waals surface area (Å²) in [6, 6.07) is 0. The standard InChI is InChI=1S/C14H22ClN3/c1-10-12(15)16-11(2)17-13(10)18-8-5-6-14(3,4)7-9-18/h5-9H2,1-4H3. The van der Waals surface area contributed by atoms with Crippen molar-refractivity contribution in [2.75, 3.05) is 18.0 Å². The van der Waals surface area contributed by atoms with Gasteiger partial charge >= 0.3 is 0 Å². The van der Waals surface area contributed by atoms with Gasteiger partial charge in [0.2, 0.25) is 0 Å². The molecule has 4 heteroatoms. The van der Waals surface area contributed by atoms with Crippen LogP contribution in [0.1, 0.15) is 44.5 Å². The lowest BCUT2D eigenvalue weighted by atomic mass is 9.85. The number of nitrogens with zero attached hydrogens (tertiary/aromatic N) is 3. The predicted molar refractivity (Wildman–Crippen MR) is 76.4 cm³/mol. The van der Waals surface area contributed by atoms with Crippen molar-refractivity contribution in [2.45, 2.75) is 47.0 Å². The van der Waals surface area contributed by atoms with Crippen LogP contribution < -0.4 is 4.90 Å². The molecule has 2 heterocycles. The highest BCUT2D eigenvalue weighted by molar-refractivity contribution is 6.30. The Kier molecular flexibility index (Phi) is 3.81. The van der Waals surface area contributed by atoms with Gasteiger partial charge in [-0.3, -0.25) is 0 Å². The van der Waals surface area contributed by atoms with Crippen molar-refractivity contribution in [3.05, 3.63) is 16.5 Å². The van der Waals surface area contributed by atoms with Crippen molar-refractivity contribution in [2.24, 2.45) is 5.41 Å². The van der Waals surface area contributed by atoms with Gasteiger partial charge in [0.15, 0.2) is 0 Å². The number of halogens is 1. The molecule has 1 aromatic heterocycles. The van der Waals surface area contributed by atoms with Crippen LogP contribution in [-0.2, 0) is 0 Å². The molecule has 0 unspecified atom stereocenters. The van der Waals surface area contributed by atoms with Gasteiger partial charge in [0.05, 0.1) is 0 Å². The Balaban J connectivity index is 2.26. The molecule has 0 N–H and O–H groups in total. The summed E-state index contributed by atoms with van der Waals surface area (Å²) in [5.41, 5.74) is 1.44. The Morgan fingerprint density at radius 2 is 1.83 bits per heavy atom. The molecule has 1 aromatic rings. The second-order valence-corrected chi connectivity index (χ2v) is 6.37. The first-order valence-corrected chi connectivity index (χ1v) is 7.02. The van der Waals surface area contributed by atoms with Crippen LogP contribution in [0, 0.1) is 19.3 Å². The molecule has 0 aromatic carbocycles. The van der Waals surface area contributed by atoms with E-state index in [0.29, 0.717) is 10.6 Å². The van der Waals surface area contributed by atoms with Gasteiger partial charge in [-0.2, -0.15) is 0 Å². The number of rotatable bonds is 1. The van der Waals surface area contributed by atoms with E-state index in [0.717, 1.165) is 30.3 Å². The van der Waals surface area contributed by atoms with Crippen molar-refractivity contribution >= 4 is 17.4 Å².